The van der Waals surface area contributed by atoms with Crippen LogP contribution in [-0.4, -0.2) is 31.0 Å². The van der Waals surface area contributed by atoms with Crippen molar-refractivity contribution in [2.24, 2.45) is 0 Å². The van der Waals surface area contributed by atoms with Gasteiger partial charge in [-0.3, -0.25) is 9.59 Å². The van der Waals surface area contributed by atoms with Gasteiger partial charge in [-0.2, -0.15) is 0 Å². The highest BCUT2D eigenvalue weighted by Crippen LogP contribution is 2.35. The highest BCUT2D eigenvalue weighted by Gasteiger charge is 2.21. The van der Waals surface area contributed by atoms with Gasteiger partial charge in [0.25, 0.3) is 5.91 Å². The van der Waals surface area contributed by atoms with Gasteiger partial charge in [-0.25, -0.2) is 0 Å². The monoisotopic (exact) mass is 276 g/mol. The van der Waals surface area contributed by atoms with Gasteiger partial charge >= 0.3 is 0 Å². The Morgan fingerprint density at radius 2 is 2.15 bits per heavy atom. The Morgan fingerprint density at radius 1 is 1.30 bits per heavy atom. The average Bonchev–Trinajstić information content (AvgIpc) is 2.42. The fourth-order valence-electron chi connectivity index (χ4n) is 2.34. The van der Waals surface area contributed by atoms with Crippen LogP contribution in [0.2, 0.25) is 0 Å². The largest absolute Gasteiger partial charge is 0.482 e. The number of anilines is 3. The Labute approximate surface area is 115 Å². The van der Waals surface area contributed by atoms with Crippen molar-refractivity contribution in [3.63, 3.8) is 0 Å². The van der Waals surface area contributed by atoms with Crippen LogP contribution >= 0.6 is 0 Å². The lowest BCUT2D eigenvalue weighted by molar-refractivity contribution is -0.122. The molecule has 0 spiro atoms. The smallest absolute Gasteiger partial charge is 0.262 e. The summed E-state index contributed by atoms with van der Waals surface area (Å²) in [6, 6.07) is 3.59. The minimum absolute atomic E-state index is 0.00781. The molecule has 1 saturated heterocycles. The van der Waals surface area contributed by atoms with Crippen molar-refractivity contribution in [2.75, 3.05) is 29.5 Å². The van der Waals surface area contributed by atoms with Crippen LogP contribution in [0.4, 0.5) is 17.1 Å². The third kappa shape index (κ3) is 2.47. The first kappa shape index (κ1) is 12.6. The molecule has 0 aliphatic carbocycles. The molecule has 2 heterocycles. The van der Waals surface area contributed by atoms with E-state index in [-0.39, 0.29) is 24.5 Å². The molecule has 1 aromatic carbocycles. The molecular weight excluding hydrogens is 260 g/mol. The van der Waals surface area contributed by atoms with E-state index in [2.05, 4.69) is 16.0 Å². The summed E-state index contributed by atoms with van der Waals surface area (Å²) >= 11 is 0. The summed E-state index contributed by atoms with van der Waals surface area (Å²) in [4.78, 5) is 22.4. The van der Waals surface area contributed by atoms with Crippen molar-refractivity contribution in [3.05, 3.63) is 12.1 Å². The lowest BCUT2D eigenvalue weighted by atomic mass is 10.1. The van der Waals surface area contributed by atoms with Gasteiger partial charge in [-0.1, -0.05) is 0 Å². The van der Waals surface area contributed by atoms with Crippen LogP contribution in [0.1, 0.15) is 12.8 Å². The molecular formula is C13H16N4O3. The normalized spacial score (nSPS) is 21.3. The van der Waals surface area contributed by atoms with Crippen LogP contribution in [0.3, 0.4) is 0 Å². The van der Waals surface area contributed by atoms with Gasteiger partial charge < -0.3 is 26.4 Å². The number of fused-ring (bicyclic) bond motifs is 1. The molecule has 106 valence electrons. The fourth-order valence-corrected chi connectivity index (χ4v) is 2.34. The molecule has 0 bridgehead atoms. The zero-order valence-corrected chi connectivity index (χ0v) is 10.9. The number of piperidine rings is 1. The molecule has 1 aromatic rings. The zero-order valence-electron chi connectivity index (χ0n) is 10.9. The Balaban J connectivity index is 1.78. The van der Waals surface area contributed by atoms with Crippen molar-refractivity contribution >= 4 is 28.9 Å². The van der Waals surface area contributed by atoms with Gasteiger partial charge in [-0.15, -0.1) is 0 Å². The van der Waals surface area contributed by atoms with Gasteiger partial charge in [0.1, 0.15) is 5.75 Å². The maximum absolute atomic E-state index is 11.3. The van der Waals surface area contributed by atoms with Crippen LogP contribution < -0.4 is 26.4 Å². The third-order valence-electron chi connectivity index (χ3n) is 3.41. The summed E-state index contributed by atoms with van der Waals surface area (Å²) in [5.74, 6) is 0.463. The standard InChI is InChI=1S/C13H16N4O3/c14-8-3-11-10(17-13(19)6-20-11)4-9(8)16-7-1-2-12(18)15-5-7/h3-4,7,16H,1-2,5-6,14H2,(H,15,18)(H,17,19). The van der Waals surface area contributed by atoms with E-state index in [4.69, 9.17) is 10.5 Å². The van der Waals surface area contributed by atoms with Crippen molar-refractivity contribution in [3.8, 4) is 5.75 Å². The third-order valence-corrected chi connectivity index (χ3v) is 3.41. The number of amides is 2. The molecule has 1 unspecified atom stereocenters. The fraction of sp³-hybridized carbons (Fsp3) is 0.385. The molecule has 0 saturated carbocycles. The van der Waals surface area contributed by atoms with Gasteiger partial charge in [0.05, 0.1) is 17.1 Å². The molecule has 1 fully saturated rings. The minimum atomic E-state index is -0.182. The number of hydrogen-bond acceptors (Lipinski definition) is 5. The van der Waals surface area contributed by atoms with Crippen molar-refractivity contribution in [1.29, 1.82) is 0 Å². The van der Waals surface area contributed by atoms with Gasteiger partial charge in [-0.05, 0) is 12.5 Å². The summed E-state index contributed by atoms with van der Waals surface area (Å²) in [6.45, 7) is 0.575. The predicted molar refractivity (Wildman–Crippen MR) is 74.6 cm³/mol. The van der Waals surface area contributed by atoms with Crippen LogP contribution in [0, 0.1) is 0 Å². The number of nitrogen functional groups attached to an aromatic ring is 1. The average molecular weight is 276 g/mol. The predicted octanol–water partition coefficient (Wildman–Crippen LogP) is 0.290. The Bertz CT molecular complexity index is 563. The van der Waals surface area contributed by atoms with Gasteiger partial charge in [0, 0.05) is 25.1 Å². The van der Waals surface area contributed by atoms with Crippen molar-refractivity contribution < 1.29 is 14.3 Å². The molecule has 2 aliphatic rings. The van der Waals surface area contributed by atoms with Crippen molar-refractivity contribution in [2.45, 2.75) is 18.9 Å². The zero-order chi connectivity index (χ0) is 14.1. The molecule has 1 atom stereocenters. The second kappa shape index (κ2) is 4.92. The number of rotatable bonds is 2. The molecule has 2 aliphatic heterocycles. The van der Waals surface area contributed by atoms with E-state index in [1.807, 2.05) is 0 Å². The highest BCUT2D eigenvalue weighted by molar-refractivity contribution is 5.97. The number of nitrogens with one attached hydrogen (secondary N) is 3. The molecule has 0 aromatic heterocycles. The molecule has 7 heteroatoms. The van der Waals surface area contributed by atoms with E-state index < -0.39 is 0 Å². The minimum Gasteiger partial charge on any atom is -0.482 e. The Morgan fingerprint density at radius 3 is 2.90 bits per heavy atom. The van der Waals surface area contributed by atoms with E-state index in [1.54, 1.807) is 12.1 Å². The van der Waals surface area contributed by atoms with E-state index in [0.717, 1.165) is 12.1 Å². The number of benzene rings is 1. The summed E-state index contributed by atoms with van der Waals surface area (Å²) in [7, 11) is 0. The van der Waals surface area contributed by atoms with Crippen molar-refractivity contribution in [1.82, 2.24) is 5.32 Å². The Hall–Kier alpha value is -2.44. The number of hydrogen-bond donors (Lipinski definition) is 4. The topological polar surface area (TPSA) is 105 Å². The SMILES string of the molecule is Nc1cc2c(cc1NC1CCC(=O)NC1)NC(=O)CO2. The molecule has 2 amide bonds. The lowest BCUT2D eigenvalue weighted by Crippen LogP contribution is -2.42. The highest BCUT2D eigenvalue weighted by atomic mass is 16.5. The van der Waals surface area contributed by atoms with E-state index in [1.165, 1.54) is 0 Å². The first-order valence-electron chi connectivity index (χ1n) is 6.51. The number of nitrogens with two attached hydrogens (primary N) is 1. The molecule has 20 heavy (non-hydrogen) atoms. The summed E-state index contributed by atoms with van der Waals surface area (Å²) in [5.41, 5.74) is 7.87. The van der Waals surface area contributed by atoms with Crippen LogP contribution in [0.15, 0.2) is 12.1 Å². The van der Waals surface area contributed by atoms with Gasteiger partial charge in [0.15, 0.2) is 6.61 Å². The molecule has 0 radical (unpaired) electrons. The lowest BCUT2D eigenvalue weighted by Gasteiger charge is -2.26. The van der Waals surface area contributed by atoms with Crippen LogP contribution in [0.5, 0.6) is 5.75 Å². The number of carbonyl (C=O) groups is 2. The van der Waals surface area contributed by atoms with E-state index in [0.29, 0.717) is 30.1 Å². The first-order valence-corrected chi connectivity index (χ1v) is 6.51. The molecule has 7 nitrogen and oxygen atoms in total. The molecule has 5 N–H and O–H groups in total. The molecule has 3 rings (SSSR count). The van der Waals surface area contributed by atoms with Gasteiger partial charge in [0.2, 0.25) is 5.91 Å². The summed E-state index contributed by atoms with van der Waals surface area (Å²) < 4.78 is 5.30. The summed E-state index contributed by atoms with van der Waals surface area (Å²) in [6.07, 6.45) is 1.26. The quantitative estimate of drug-likeness (QED) is 0.581. The van der Waals surface area contributed by atoms with E-state index in [9.17, 15) is 9.59 Å². The summed E-state index contributed by atoms with van der Waals surface area (Å²) in [5, 5.41) is 8.84. The van der Waals surface area contributed by atoms with E-state index >= 15 is 0 Å². The maximum atomic E-state index is 11.3. The second-order valence-electron chi connectivity index (χ2n) is 4.96. The Kier molecular flexibility index (Phi) is 3.09. The van der Waals surface area contributed by atoms with Crippen LogP contribution in [0.25, 0.3) is 0 Å². The first-order chi connectivity index (χ1) is 9.61. The maximum Gasteiger partial charge on any atom is 0.262 e. The second-order valence-corrected chi connectivity index (χ2v) is 4.96. The number of carbonyl (C=O) groups excluding carboxylic acids is 2. The van der Waals surface area contributed by atoms with Crippen LogP contribution in [-0.2, 0) is 9.59 Å². The number of ether oxygens (including phenoxy) is 1.